The monoisotopic (exact) mass is 226 g/mol. The Hall–Kier alpha value is -1.02. The zero-order valence-corrected chi connectivity index (χ0v) is 9.97. The maximum Gasteiger partial charge on any atom is 0.141 e. The zero-order chi connectivity index (χ0) is 11.4. The van der Waals surface area contributed by atoms with E-state index in [1.54, 1.807) is 7.11 Å². The van der Waals surface area contributed by atoms with Crippen LogP contribution in [-0.2, 0) is 11.2 Å². The van der Waals surface area contributed by atoms with Crippen molar-refractivity contribution in [2.24, 2.45) is 0 Å². The molecule has 15 heavy (non-hydrogen) atoms. The molecule has 0 fully saturated rings. The van der Waals surface area contributed by atoms with Gasteiger partial charge in [-0.05, 0) is 17.5 Å². The van der Waals surface area contributed by atoms with Gasteiger partial charge in [-0.1, -0.05) is 31.5 Å². The summed E-state index contributed by atoms with van der Waals surface area (Å²) in [4.78, 5) is 10.5. The van der Waals surface area contributed by atoms with E-state index in [1.807, 2.05) is 12.1 Å². The van der Waals surface area contributed by atoms with Crippen LogP contribution < -0.4 is 4.74 Å². The molecule has 0 aliphatic rings. The van der Waals surface area contributed by atoms with Gasteiger partial charge in [-0.3, -0.25) is 0 Å². The molecule has 0 atom stereocenters. The van der Waals surface area contributed by atoms with Crippen molar-refractivity contribution in [3.05, 3.63) is 28.3 Å². The van der Waals surface area contributed by atoms with E-state index in [2.05, 4.69) is 13.8 Å². The number of carbonyl (C=O) groups excluding carboxylic acids is 1. The van der Waals surface area contributed by atoms with Gasteiger partial charge in [0.25, 0.3) is 0 Å². The minimum atomic E-state index is 0.337. The normalized spacial score (nSPS) is 10.5. The molecular weight excluding hydrogens is 212 g/mol. The maximum absolute atomic E-state index is 10.5. The number of halogens is 1. The SMILES string of the molecule is COc1c(Cl)cc(C(C)C)cc1CC=O. The highest BCUT2D eigenvalue weighted by atomic mass is 35.5. The van der Waals surface area contributed by atoms with Crippen molar-refractivity contribution >= 4 is 17.9 Å². The van der Waals surface area contributed by atoms with Crippen molar-refractivity contribution in [1.82, 2.24) is 0 Å². The van der Waals surface area contributed by atoms with Crippen LogP contribution in [0.25, 0.3) is 0 Å². The van der Waals surface area contributed by atoms with Gasteiger partial charge in [0.2, 0.25) is 0 Å². The van der Waals surface area contributed by atoms with Crippen molar-refractivity contribution in [1.29, 1.82) is 0 Å². The van der Waals surface area contributed by atoms with E-state index in [-0.39, 0.29) is 0 Å². The van der Waals surface area contributed by atoms with Crippen molar-refractivity contribution < 1.29 is 9.53 Å². The van der Waals surface area contributed by atoms with E-state index in [0.717, 1.165) is 17.4 Å². The highest BCUT2D eigenvalue weighted by Crippen LogP contribution is 2.32. The van der Waals surface area contributed by atoms with Gasteiger partial charge in [0.05, 0.1) is 12.1 Å². The van der Waals surface area contributed by atoms with Gasteiger partial charge in [0, 0.05) is 12.0 Å². The molecule has 1 aromatic carbocycles. The molecule has 0 aliphatic carbocycles. The number of hydrogen-bond donors (Lipinski definition) is 0. The van der Waals surface area contributed by atoms with Crippen LogP contribution >= 0.6 is 11.6 Å². The standard InChI is InChI=1S/C12H15ClO2/c1-8(2)10-6-9(4-5-14)12(15-3)11(13)7-10/h5-8H,4H2,1-3H3. The lowest BCUT2D eigenvalue weighted by molar-refractivity contribution is -0.107. The number of carbonyl (C=O) groups is 1. The van der Waals surface area contributed by atoms with Gasteiger partial charge in [-0.2, -0.15) is 0 Å². The Labute approximate surface area is 95.2 Å². The molecule has 0 radical (unpaired) electrons. The van der Waals surface area contributed by atoms with Crippen LogP contribution in [-0.4, -0.2) is 13.4 Å². The first-order valence-electron chi connectivity index (χ1n) is 4.90. The molecule has 82 valence electrons. The fourth-order valence-corrected chi connectivity index (χ4v) is 1.80. The minimum absolute atomic E-state index is 0.337. The van der Waals surface area contributed by atoms with Crippen LogP contribution in [0.4, 0.5) is 0 Å². The quantitative estimate of drug-likeness (QED) is 0.737. The second-order valence-corrected chi connectivity index (χ2v) is 4.13. The summed E-state index contributed by atoms with van der Waals surface area (Å²) < 4.78 is 5.17. The first kappa shape index (κ1) is 12.1. The Morgan fingerprint density at radius 2 is 2.13 bits per heavy atom. The molecule has 0 saturated carbocycles. The summed E-state index contributed by atoms with van der Waals surface area (Å²) in [7, 11) is 1.56. The van der Waals surface area contributed by atoms with Crippen LogP contribution in [0, 0.1) is 0 Å². The number of benzene rings is 1. The van der Waals surface area contributed by atoms with Crippen molar-refractivity contribution in [3.63, 3.8) is 0 Å². The van der Waals surface area contributed by atoms with E-state index in [4.69, 9.17) is 16.3 Å². The summed E-state index contributed by atoms with van der Waals surface area (Å²) in [5.41, 5.74) is 1.97. The third-order valence-corrected chi connectivity index (χ3v) is 2.60. The summed E-state index contributed by atoms with van der Waals surface area (Å²) in [6.07, 6.45) is 1.20. The topological polar surface area (TPSA) is 26.3 Å². The molecule has 3 heteroatoms. The molecule has 0 heterocycles. The number of hydrogen-bond acceptors (Lipinski definition) is 2. The Morgan fingerprint density at radius 3 is 2.60 bits per heavy atom. The smallest absolute Gasteiger partial charge is 0.141 e. The Kier molecular flexibility index (Phi) is 4.15. The maximum atomic E-state index is 10.5. The lowest BCUT2D eigenvalue weighted by Crippen LogP contribution is -1.97. The average molecular weight is 227 g/mol. The zero-order valence-electron chi connectivity index (χ0n) is 9.21. The second kappa shape index (κ2) is 5.17. The van der Waals surface area contributed by atoms with Crippen LogP contribution in [0.15, 0.2) is 12.1 Å². The third kappa shape index (κ3) is 2.72. The Balaban J connectivity index is 3.24. The van der Waals surface area contributed by atoms with E-state index in [1.165, 1.54) is 0 Å². The van der Waals surface area contributed by atoms with Crippen LogP contribution in [0.1, 0.15) is 30.9 Å². The molecule has 2 nitrogen and oxygen atoms in total. The first-order valence-corrected chi connectivity index (χ1v) is 5.27. The molecule has 0 saturated heterocycles. The highest BCUT2D eigenvalue weighted by molar-refractivity contribution is 6.32. The van der Waals surface area contributed by atoms with Crippen molar-refractivity contribution in [3.8, 4) is 5.75 Å². The number of ether oxygens (including phenoxy) is 1. The molecule has 0 bridgehead atoms. The molecule has 1 aromatic rings. The van der Waals surface area contributed by atoms with Gasteiger partial charge < -0.3 is 9.53 Å². The summed E-state index contributed by atoms with van der Waals surface area (Å²) in [5, 5.41) is 0.570. The van der Waals surface area contributed by atoms with Gasteiger partial charge in [-0.15, -0.1) is 0 Å². The second-order valence-electron chi connectivity index (χ2n) is 3.72. The predicted octanol–water partition coefficient (Wildman–Crippen LogP) is 3.21. The van der Waals surface area contributed by atoms with Gasteiger partial charge in [0.15, 0.2) is 0 Å². The predicted molar refractivity (Wildman–Crippen MR) is 61.9 cm³/mol. The van der Waals surface area contributed by atoms with E-state index < -0.39 is 0 Å². The van der Waals surface area contributed by atoms with Crippen molar-refractivity contribution in [2.75, 3.05) is 7.11 Å². The van der Waals surface area contributed by atoms with E-state index in [9.17, 15) is 4.79 Å². The van der Waals surface area contributed by atoms with Crippen LogP contribution in [0.2, 0.25) is 5.02 Å². The molecular formula is C12H15ClO2. The Morgan fingerprint density at radius 1 is 1.47 bits per heavy atom. The van der Waals surface area contributed by atoms with Crippen LogP contribution in [0.5, 0.6) is 5.75 Å². The largest absolute Gasteiger partial charge is 0.495 e. The summed E-state index contributed by atoms with van der Waals surface area (Å²) in [6, 6.07) is 3.86. The van der Waals surface area contributed by atoms with Crippen molar-refractivity contribution in [2.45, 2.75) is 26.2 Å². The van der Waals surface area contributed by atoms with E-state index >= 15 is 0 Å². The number of rotatable bonds is 4. The summed E-state index contributed by atoms with van der Waals surface area (Å²) in [5.74, 6) is 0.993. The summed E-state index contributed by atoms with van der Waals surface area (Å²) >= 11 is 6.07. The van der Waals surface area contributed by atoms with Gasteiger partial charge in [-0.25, -0.2) is 0 Å². The fraction of sp³-hybridized carbons (Fsp3) is 0.417. The minimum Gasteiger partial charge on any atom is -0.495 e. The van der Waals surface area contributed by atoms with Gasteiger partial charge >= 0.3 is 0 Å². The third-order valence-electron chi connectivity index (χ3n) is 2.32. The highest BCUT2D eigenvalue weighted by Gasteiger charge is 2.11. The lowest BCUT2D eigenvalue weighted by Gasteiger charge is -2.13. The molecule has 0 N–H and O–H groups in total. The summed E-state index contributed by atoms with van der Waals surface area (Å²) in [6.45, 7) is 4.17. The molecule has 0 unspecified atom stereocenters. The number of methoxy groups -OCH3 is 1. The lowest BCUT2D eigenvalue weighted by atomic mass is 9.99. The molecule has 0 aromatic heterocycles. The molecule has 0 aliphatic heterocycles. The van der Waals surface area contributed by atoms with Gasteiger partial charge in [0.1, 0.15) is 12.0 Å². The average Bonchev–Trinajstić information content (AvgIpc) is 2.17. The van der Waals surface area contributed by atoms with Crippen LogP contribution in [0.3, 0.4) is 0 Å². The number of aldehydes is 1. The molecule has 0 amide bonds. The molecule has 1 rings (SSSR count). The molecule has 0 spiro atoms. The first-order chi connectivity index (χ1) is 7.10. The fourth-order valence-electron chi connectivity index (χ4n) is 1.48. The van der Waals surface area contributed by atoms with E-state index in [0.29, 0.717) is 23.1 Å². The Bertz CT molecular complexity index is 359.